The van der Waals surface area contributed by atoms with Gasteiger partial charge in [0.25, 0.3) is 0 Å². The summed E-state index contributed by atoms with van der Waals surface area (Å²) in [5.41, 5.74) is 4.82. The molecule has 0 spiro atoms. The van der Waals surface area contributed by atoms with Crippen LogP contribution in [0.1, 0.15) is 60.9 Å². The summed E-state index contributed by atoms with van der Waals surface area (Å²) in [7, 11) is 1.29. The Morgan fingerprint density at radius 3 is 2.54 bits per heavy atom. The Labute approximate surface area is 242 Å². The predicted molar refractivity (Wildman–Crippen MR) is 151 cm³/mol. The van der Waals surface area contributed by atoms with Crippen LogP contribution in [0.3, 0.4) is 0 Å². The fourth-order valence-corrected chi connectivity index (χ4v) is 6.84. The largest absolute Gasteiger partial charge is 0.494 e. The van der Waals surface area contributed by atoms with Crippen LogP contribution in [0.25, 0.3) is 11.1 Å². The van der Waals surface area contributed by atoms with Crippen LogP contribution in [0.5, 0.6) is 11.5 Å². The van der Waals surface area contributed by atoms with Gasteiger partial charge in [0.15, 0.2) is 11.6 Å². The molecule has 2 aromatic rings. The van der Waals surface area contributed by atoms with Crippen LogP contribution in [-0.2, 0) is 4.79 Å². The molecular formula is C31H33ClF2N2O5. The lowest BCUT2D eigenvalue weighted by atomic mass is 9.72. The molecule has 10 heteroatoms. The zero-order valence-electron chi connectivity index (χ0n) is 22.9. The first-order chi connectivity index (χ1) is 19.6. The molecule has 3 aliphatic rings. The van der Waals surface area contributed by atoms with E-state index in [1.54, 1.807) is 0 Å². The maximum atomic E-state index is 15.9. The monoisotopic (exact) mass is 586 g/mol. The number of nitrogens with one attached hydrogen (secondary N) is 1. The number of benzene rings is 2. The number of primary amides is 1. The Morgan fingerprint density at radius 1 is 1.20 bits per heavy atom. The number of ether oxygens (including phenoxy) is 2. The molecule has 1 aliphatic heterocycles. The van der Waals surface area contributed by atoms with E-state index in [2.05, 4.69) is 5.32 Å². The van der Waals surface area contributed by atoms with Crippen LogP contribution in [0.2, 0.25) is 5.02 Å². The Morgan fingerprint density at radius 2 is 1.93 bits per heavy atom. The van der Waals surface area contributed by atoms with Gasteiger partial charge in [-0.25, -0.2) is 8.78 Å². The molecule has 1 fully saturated rings. The topological polar surface area (TPSA) is 111 Å². The van der Waals surface area contributed by atoms with Crippen LogP contribution >= 0.6 is 11.6 Å². The van der Waals surface area contributed by atoms with Crippen LogP contribution in [0.15, 0.2) is 42.5 Å². The van der Waals surface area contributed by atoms with E-state index >= 15 is 8.78 Å². The van der Waals surface area contributed by atoms with Gasteiger partial charge in [-0.2, -0.15) is 0 Å². The fourth-order valence-electron chi connectivity index (χ4n) is 6.59. The van der Waals surface area contributed by atoms with Gasteiger partial charge in [0.2, 0.25) is 5.91 Å². The van der Waals surface area contributed by atoms with E-state index in [1.807, 2.05) is 31.2 Å². The van der Waals surface area contributed by atoms with Crippen molar-refractivity contribution in [2.75, 3.05) is 13.7 Å². The van der Waals surface area contributed by atoms with Crippen LogP contribution in [0.4, 0.5) is 8.78 Å². The molecule has 1 saturated carbocycles. The number of hydrogen-bond acceptors (Lipinski definition) is 5. The summed E-state index contributed by atoms with van der Waals surface area (Å²) in [5.74, 6) is -4.19. The van der Waals surface area contributed by atoms with E-state index in [-0.39, 0.29) is 51.1 Å². The van der Waals surface area contributed by atoms with Crippen molar-refractivity contribution in [3.63, 3.8) is 0 Å². The SMILES string of the molecule is COc1ccc(C(N)=O)c(-c2c(Cl)c(F)cc3c2[C@H](C)[C@@](CNC2CCC(C(=O)O)CC2)(C2C=CC=CC2)O3)c1F. The minimum absolute atomic E-state index is 0.0125. The molecule has 0 bridgehead atoms. The summed E-state index contributed by atoms with van der Waals surface area (Å²) in [4.78, 5) is 23.9. The fraction of sp³-hybridized carbons (Fsp3) is 0.419. The highest BCUT2D eigenvalue weighted by Crippen LogP contribution is 2.56. The Hall–Kier alpha value is -3.43. The third-order valence-electron chi connectivity index (χ3n) is 8.88. The molecular weight excluding hydrogens is 554 g/mol. The summed E-state index contributed by atoms with van der Waals surface area (Å²) in [6, 6.07) is 3.92. The average molecular weight is 587 g/mol. The number of aliphatic carboxylic acids is 1. The van der Waals surface area contributed by atoms with Gasteiger partial charge >= 0.3 is 5.97 Å². The van der Waals surface area contributed by atoms with Gasteiger partial charge in [-0.15, -0.1) is 0 Å². The van der Waals surface area contributed by atoms with Crippen molar-refractivity contribution in [2.24, 2.45) is 17.6 Å². The summed E-state index contributed by atoms with van der Waals surface area (Å²) in [5, 5.41) is 12.6. The van der Waals surface area contributed by atoms with E-state index in [4.69, 9.17) is 26.8 Å². The lowest BCUT2D eigenvalue weighted by molar-refractivity contribution is -0.142. The number of methoxy groups -OCH3 is 1. The van der Waals surface area contributed by atoms with E-state index in [0.29, 0.717) is 44.2 Å². The van der Waals surface area contributed by atoms with Gasteiger partial charge in [-0.3, -0.25) is 9.59 Å². The molecule has 1 unspecified atom stereocenters. The Balaban J connectivity index is 1.60. The molecule has 0 radical (unpaired) electrons. The van der Waals surface area contributed by atoms with Crippen molar-refractivity contribution < 1.29 is 33.0 Å². The number of carbonyl (C=O) groups is 2. The first-order valence-corrected chi connectivity index (χ1v) is 14.1. The van der Waals surface area contributed by atoms with Gasteiger partial charge in [0.1, 0.15) is 17.2 Å². The first-order valence-electron chi connectivity index (χ1n) is 13.8. The van der Waals surface area contributed by atoms with Gasteiger partial charge < -0.3 is 25.6 Å². The number of carbonyl (C=O) groups excluding carboxylic acids is 1. The van der Waals surface area contributed by atoms with Crippen LogP contribution < -0.4 is 20.5 Å². The third kappa shape index (κ3) is 5.10. The second-order valence-electron chi connectivity index (χ2n) is 11.0. The van der Waals surface area contributed by atoms with Crippen LogP contribution in [-0.4, -0.2) is 42.3 Å². The smallest absolute Gasteiger partial charge is 0.306 e. The zero-order valence-corrected chi connectivity index (χ0v) is 23.6. The highest BCUT2D eigenvalue weighted by molar-refractivity contribution is 6.34. The van der Waals surface area contributed by atoms with E-state index in [9.17, 15) is 14.7 Å². The summed E-state index contributed by atoms with van der Waals surface area (Å²) < 4.78 is 43.1. The number of nitrogens with two attached hydrogens (primary N) is 1. The van der Waals surface area contributed by atoms with E-state index in [1.165, 1.54) is 25.3 Å². The number of allylic oxidation sites excluding steroid dienone is 3. The Kier molecular flexibility index (Phi) is 8.12. The molecule has 5 rings (SSSR count). The second-order valence-corrected chi connectivity index (χ2v) is 11.4. The van der Waals surface area contributed by atoms with Gasteiger partial charge in [0, 0.05) is 47.2 Å². The quantitative estimate of drug-likeness (QED) is 0.350. The van der Waals surface area contributed by atoms with Crippen LogP contribution in [0, 0.1) is 23.5 Å². The molecule has 2 aromatic carbocycles. The number of hydrogen-bond donors (Lipinski definition) is 3. The molecule has 0 saturated heterocycles. The number of fused-ring (bicyclic) bond motifs is 1. The molecule has 2 aliphatic carbocycles. The maximum Gasteiger partial charge on any atom is 0.306 e. The van der Waals surface area contributed by atoms with Crippen molar-refractivity contribution >= 4 is 23.5 Å². The van der Waals surface area contributed by atoms with Gasteiger partial charge in [0.05, 0.1) is 23.6 Å². The molecule has 3 atom stereocenters. The maximum absolute atomic E-state index is 15.9. The highest BCUT2D eigenvalue weighted by Gasteiger charge is 2.52. The number of carboxylic acid groups (broad SMARTS) is 1. The molecule has 7 nitrogen and oxygen atoms in total. The summed E-state index contributed by atoms with van der Waals surface area (Å²) >= 11 is 6.56. The van der Waals surface area contributed by atoms with Crippen molar-refractivity contribution in [1.29, 1.82) is 0 Å². The average Bonchev–Trinajstić information content (AvgIpc) is 3.24. The summed E-state index contributed by atoms with van der Waals surface area (Å²) in [6.07, 6.45) is 11.2. The van der Waals surface area contributed by atoms with Crippen molar-refractivity contribution in [3.05, 3.63) is 70.3 Å². The first kappa shape index (κ1) is 29.1. The molecule has 1 heterocycles. The second kappa shape index (κ2) is 11.4. The lowest BCUT2D eigenvalue weighted by Crippen LogP contribution is -2.54. The van der Waals surface area contributed by atoms with Crippen molar-refractivity contribution in [1.82, 2.24) is 5.32 Å². The molecule has 4 N–H and O–H groups in total. The third-order valence-corrected chi connectivity index (χ3v) is 9.25. The minimum Gasteiger partial charge on any atom is -0.494 e. The van der Waals surface area contributed by atoms with Gasteiger partial charge in [-0.05, 0) is 44.2 Å². The zero-order chi connectivity index (χ0) is 29.5. The normalized spacial score (nSPS) is 26.9. The molecule has 0 aromatic heterocycles. The Bertz CT molecular complexity index is 1440. The van der Waals surface area contributed by atoms with Gasteiger partial charge in [-0.1, -0.05) is 42.8 Å². The minimum atomic E-state index is -0.915. The molecule has 41 heavy (non-hydrogen) atoms. The predicted octanol–water partition coefficient (Wildman–Crippen LogP) is 5.99. The van der Waals surface area contributed by atoms with E-state index < -0.39 is 35.0 Å². The standard InChI is InChI=1S/C31H33ClF2N2O5/c1-16-24-23(14-21(33)27(32)26(24)25-20(29(35)37)12-13-22(40-2)28(25)34)41-31(16,18-6-4-3-5-7-18)15-36-19-10-8-17(9-11-19)30(38)39/h3-6,12-14,16-19,36H,7-11,15H2,1-2H3,(H2,35,37)(H,38,39)/t16-,17?,18?,19?,31-/m0/s1. The number of rotatable bonds is 8. The molecule has 1 amide bonds. The van der Waals surface area contributed by atoms with Crippen molar-refractivity contribution in [3.8, 4) is 22.6 Å². The van der Waals surface area contributed by atoms with E-state index in [0.717, 1.165) is 0 Å². The summed E-state index contributed by atoms with van der Waals surface area (Å²) in [6.45, 7) is 2.30. The molecule has 218 valence electrons. The number of halogens is 3. The highest BCUT2D eigenvalue weighted by atomic mass is 35.5. The number of carboxylic acids is 1. The number of amides is 1. The van der Waals surface area contributed by atoms with Crippen molar-refractivity contribution in [2.45, 2.75) is 56.6 Å². The lowest BCUT2D eigenvalue weighted by Gasteiger charge is -2.41.